The van der Waals surface area contributed by atoms with Crippen molar-refractivity contribution >= 4 is 17.5 Å². The Morgan fingerprint density at radius 1 is 0.875 bits per heavy atom. The van der Waals surface area contributed by atoms with E-state index in [1.165, 1.54) is 60.2 Å². The van der Waals surface area contributed by atoms with Gasteiger partial charge in [-0.15, -0.1) is 0 Å². The Morgan fingerprint density at radius 2 is 1.58 bits per heavy atom. The van der Waals surface area contributed by atoms with Gasteiger partial charge in [-0.3, -0.25) is 4.90 Å². The van der Waals surface area contributed by atoms with Crippen molar-refractivity contribution in [1.82, 2.24) is 4.90 Å². The van der Waals surface area contributed by atoms with E-state index < -0.39 is 5.92 Å². The average Bonchev–Trinajstić information content (AvgIpc) is 3.57. The highest BCUT2D eigenvalue weighted by Gasteiger charge is 2.43. The Balaban J connectivity index is 1.12. The Bertz CT molecular complexity index is 1530. The number of hydrogen-bond acceptors (Lipinski definition) is 3. The lowest BCUT2D eigenvalue weighted by molar-refractivity contribution is 0.0150. The second-order valence-corrected chi connectivity index (χ2v) is 15.1. The first-order valence-electron chi connectivity index (χ1n) is 18.7. The highest BCUT2D eigenvalue weighted by atomic mass is 19.3. The molecule has 0 spiro atoms. The van der Waals surface area contributed by atoms with E-state index in [0.717, 1.165) is 83.1 Å². The number of anilines is 2. The third-order valence-electron chi connectivity index (χ3n) is 12.0. The fraction of sp³-hybridized carbons (Fsp3) is 0.535. The molecule has 1 unspecified atom stereocenters. The summed E-state index contributed by atoms with van der Waals surface area (Å²) in [4.78, 5) is 7.69. The normalized spacial score (nSPS) is 19.9. The van der Waals surface area contributed by atoms with E-state index >= 15 is 8.78 Å². The molecular formula is C43H57F2N3. The molecule has 1 saturated carbocycles. The summed E-state index contributed by atoms with van der Waals surface area (Å²) in [5.41, 5.74) is 8.33. The molecule has 3 aromatic carbocycles. The first-order chi connectivity index (χ1) is 23.1. The van der Waals surface area contributed by atoms with Crippen molar-refractivity contribution in [2.75, 3.05) is 49.2 Å². The molecule has 5 heteroatoms. The van der Waals surface area contributed by atoms with Crippen LogP contribution in [0.15, 0.2) is 67.2 Å². The largest absolute Gasteiger partial charge is 0.372 e. The summed E-state index contributed by atoms with van der Waals surface area (Å²) >= 11 is 0. The first kappa shape index (κ1) is 34.7. The molecule has 3 fully saturated rings. The molecule has 0 N–H and O–H groups in total. The maximum Gasteiger partial charge on any atom is 0.270 e. The van der Waals surface area contributed by atoms with E-state index in [2.05, 4.69) is 77.6 Å². The molecule has 1 atom stereocenters. The van der Waals surface area contributed by atoms with E-state index in [9.17, 15) is 0 Å². The molecule has 0 amide bonds. The zero-order valence-electron chi connectivity index (χ0n) is 29.9. The fourth-order valence-electron chi connectivity index (χ4n) is 9.18. The van der Waals surface area contributed by atoms with Gasteiger partial charge in [-0.05, 0) is 109 Å². The van der Waals surface area contributed by atoms with Gasteiger partial charge in [0.25, 0.3) is 5.92 Å². The van der Waals surface area contributed by atoms with Crippen molar-refractivity contribution in [1.29, 1.82) is 0 Å². The molecule has 6 rings (SSSR count). The van der Waals surface area contributed by atoms with Gasteiger partial charge in [0.1, 0.15) is 0 Å². The number of alkyl halides is 2. The molecule has 0 radical (unpaired) electrons. The minimum absolute atomic E-state index is 0.00581. The van der Waals surface area contributed by atoms with Gasteiger partial charge in [-0.2, -0.15) is 0 Å². The number of nitrogens with zero attached hydrogens (tertiary/aromatic N) is 3. The lowest BCUT2D eigenvalue weighted by atomic mass is 9.59. The third-order valence-corrected chi connectivity index (χ3v) is 12.0. The van der Waals surface area contributed by atoms with E-state index in [-0.39, 0.29) is 16.9 Å². The zero-order valence-corrected chi connectivity index (χ0v) is 29.9. The Labute approximate surface area is 289 Å². The average molecular weight is 654 g/mol. The number of hydrogen-bond donors (Lipinski definition) is 0. The van der Waals surface area contributed by atoms with Crippen LogP contribution in [0, 0.1) is 18.3 Å². The third kappa shape index (κ3) is 7.37. The van der Waals surface area contributed by atoms with E-state index in [1.807, 2.05) is 25.1 Å². The summed E-state index contributed by atoms with van der Waals surface area (Å²) in [5, 5.41) is 0. The minimum Gasteiger partial charge on any atom is -0.372 e. The maximum atomic E-state index is 15.2. The van der Waals surface area contributed by atoms with Crippen LogP contribution < -0.4 is 9.80 Å². The fourth-order valence-corrected chi connectivity index (χ4v) is 9.18. The lowest BCUT2D eigenvalue weighted by Crippen LogP contribution is -2.38. The monoisotopic (exact) mass is 653 g/mol. The van der Waals surface area contributed by atoms with Gasteiger partial charge in [0.05, 0.1) is 6.67 Å². The number of halogens is 2. The Hall–Kier alpha value is -3.18. The SMILES string of the molecule is C=Cc1ccc(N2CCN(CC3CCN(c4ccc(C(c5ccc(C)cc5C(C)(F)F)C5(CC)CCCCC5)cc4)CC3)C2)cc1CC. The van der Waals surface area contributed by atoms with Crippen molar-refractivity contribution in [3.63, 3.8) is 0 Å². The van der Waals surface area contributed by atoms with Crippen LogP contribution in [-0.4, -0.2) is 44.3 Å². The molecule has 1 aliphatic carbocycles. The van der Waals surface area contributed by atoms with Crippen LogP contribution in [0.25, 0.3) is 6.08 Å². The van der Waals surface area contributed by atoms with Crippen LogP contribution in [0.5, 0.6) is 0 Å². The zero-order chi connectivity index (χ0) is 33.9. The smallest absolute Gasteiger partial charge is 0.270 e. The quantitative estimate of drug-likeness (QED) is 0.204. The van der Waals surface area contributed by atoms with Crippen LogP contribution in [0.3, 0.4) is 0 Å². The molecule has 2 aliphatic heterocycles. The lowest BCUT2D eigenvalue weighted by Gasteiger charge is -2.45. The highest BCUT2D eigenvalue weighted by molar-refractivity contribution is 5.60. The Morgan fingerprint density at radius 3 is 2.23 bits per heavy atom. The molecule has 2 heterocycles. The number of benzene rings is 3. The maximum absolute atomic E-state index is 15.2. The van der Waals surface area contributed by atoms with Gasteiger partial charge in [0, 0.05) is 62.5 Å². The molecule has 0 bridgehead atoms. The van der Waals surface area contributed by atoms with Crippen LogP contribution in [-0.2, 0) is 12.3 Å². The number of piperidine rings is 1. The van der Waals surface area contributed by atoms with Crippen LogP contribution in [0.4, 0.5) is 20.2 Å². The predicted molar refractivity (Wildman–Crippen MR) is 199 cm³/mol. The predicted octanol–water partition coefficient (Wildman–Crippen LogP) is 10.8. The van der Waals surface area contributed by atoms with Gasteiger partial charge in [0.15, 0.2) is 0 Å². The summed E-state index contributed by atoms with van der Waals surface area (Å²) in [6, 6.07) is 21.7. The number of aryl methyl sites for hydroxylation is 2. The second-order valence-electron chi connectivity index (χ2n) is 15.1. The van der Waals surface area contributed by atoms with Crippen LogP contribution in [0.1, 0.15) is 111 Å². The van der Waals surface area contributed by atoms with Gasteiger partial charge in [-0.1, -0.05) is 81.7 Å². The van der Waals surface area contributed by atoms with Gasteiger partial charge in [0.2, 0.25) is 0 Å². The Kier molecular flexibility index (Phi) is 10.7. The molecule has 2 saturated heterocycles. The summed E-state index contributed by atoms with van der Waals surface area (Å²) in [6.07, 6.45) is 12.2. The number of rotatable bonds is 11. The van der Waals surface area contributed by atoms with Crippen LogP contribution >= 0.6 is 0 Å². The summed E-state index contributed by atoms with van der Waals surface area (Å²) in [6.45, 7) is 18.0. The summed E-state index contributed by atoms with van der Waals surface area (Å²) in [7, 11) is 0. The van der Waals surface area contributed by atoms with E-state index in [1.54, 1.807) is 6.07 Å². The minimum atomic E-state index is -2.88. The van der Waals surface area contributed by atoms with Gasteiger partial charge in [-0.25, -0.2) is 8.78 Å². The highest BCUT2D eigenvalue weighted by Crippen LogP contribution is 2.54. The second kappa shape index (κ2) is 14.7. The molecule has 3 aromatic rings. The van der Waals surface area contributed by atoms with Gasteiger partial charge >= 0.3 is 0 Å². The van der Waals surface area contributed by atoms with E-state index in [0.29, 0.717) is 5.92 Å². The summed E-state index contributed by atoms with van der Waals surface area (Å²) in [5.74, 6) is -2.20. The van der Waals surface area contributed by atoms with Crippen molar-refractivity contribution in [2.45, 2.75) is 97.3 Å². The van der Waals surface area contributed by atoms with Crippen molar-refractivity contribution < 1.29 is 8.78 Å². The molecule has 258 valence electrons. The summed E-state index contributed by atoms with van der Waals surface area (Å²) < 4.78 is 30.3. The molecule has 3 nitrogen and oxygen atoms in total. The van der Waals surface area contributed by atoms with Crippen molar-refractivity contribution in [2.24, 2.45) is 11.3 Å². The molecule has 48 heavy (non-hydrogen) atoms. The van der Waals surface area contributed by atoms with Gasteiger partial charge < -0.3 is 9.80 Å². The van der Waals surface area contributed by atoms with E-state index in [4.69, 9.17) is 0 Å². The standard InChI is InChI=1S/C43H57F2N3/c1-6-34-13-18-38(29-35(34)7-2)48-27-26-46(31-48)30-33-20-24-47(25-21-33)37-16-14-36(15-17-37)41(43(8-3)22-10-9-11-23-43)39-19-12-32(4)28-40(39)42(5,44)45/h6,12-19,28-29,33,41H,1,7-11,20-27,30-31H2,2-5H3. The molecular weight excluding hydrogens is 596 g/mol. The van der Waals surface area contributed by atoms with Crippen molar-refractivity contribution in [3.05, 3.63) is 101 Å². The van der Waals surface area contributed by atoms with Crippen LogP contribution in [0.2, 0.25) is 0 Å². The van der Waals surface area contributed by atoms with Crippen molar-refractivity contribution in [3.8, 4) is 0 Å². The molecule has 0 aromatic heterocycles. The molecule has 3 aliphatic rings. The topological polar surface area (TPSA) is 9.72 Å². The first-order valence-corrected chi connectivity index (χ1v) is 18.7.